The Kier molecular flexibility index (Phi) is 8.31. The normalized spacial score (nSPS) is 13.9. The fraction of sp³-hybridized carbons (Fsp3) is 0. The van der Waals surface area contributed by atoms with E-state index in [9.17, 15) is 0 Å². The molecule has 0 saturated heterocycles. The number of hydrogen-bond acceptors (Lipinski definition) is 6. The lowest BCUT2D eigenvalue weighted by Gasteiger charge is -2.33. The molecular weight excluding hydrogens is 788 g/mol. The number of ether oxygens (including phenoxy) is 2. The number of fused-ring (bicyclic) bond motifs is 6. The Morgan fingerprint density at radius 1 is 0.361 bits per heavy atom. The van der Waals surface area contributed by atoms with Gasteiger partial charge in [-0.25, -0.2) is 0 Å². The van der Waals surface area contributed by atoms with Crippen molar-refractivity contribution in [1.29, 1.82) is 0 Å². The number of benzene rings is 9. The Bertz CT molecular complexity index is 2940. The maximum absolute atomic E-state index is 15.8. The van der Waals surface area contributed by atoms with Gasteiger partial charge in [0.15, 0.2) is 30.1 Å². The fourth-order valence-corrected chi connectivity index (χ4v) is 13.5. The first kappa shape index (κ1) is 35.7. The lowest BCUT2D eigenvalue weighted by atomic mass is 10.0. The Labute approximate surface area is 358 Å². The van der Waals surface area contributed by atoms with Crippen molar-refractivity contribution >= 4 is 68.9 Å². The molecule has 0 N–H and O–H groups in total. The molecule has 61 heavy (non-hydrogen) atoms. The van der Waals surface area contributed by atoms with Crippen molar-refractivity contribution in [3.8, 4) is 45.3 Å². The highest BCUT2D eigenvalue weighted by atomic mass is 32.2. The lowest BCUT2D eigenvalue weighted by Crippen LogP contribution is -2.30. The number of para-hydroxylation sites is 8. The van der Waals surface area contributed by atoms with Crippen molar-refractivity contribution in [1.82, 2.24) is 0 Å². The van der Waals surface area contributed by atoms with Crippen LogP contribution in [0.25, 0.3) is 22.3 Å². The Balaban J connectivity index is 0.900. The zero-order chi connectivity index (χ0) is 40.5. The first-order valence-electron chi connectivity index (χ1n) is 20.3. The molecule has 290 valence electrons. The van der Waals surface area contributed by atoms with Gasteiger partial charge in [-0.2, -0.15) is 0 Å². The van der Waals surface area contributed by atoms with E-state index in [0.29, 0.717) is 0 Å². The molecule has 0 unspecified atom stereocenters. The zero-order valence-corrected chi connectivity index (χ0v) is 34.4. The van der Waals surface area contributed by atoms with E-state index in [1.54, 1.807) is 11.8 Å². The molecule has 0 bridgehead atoms. The maximum Gasteiger partial charge on any atom is 0.173 e. The summed E-state index contributed by atoms with van der Waals surface area (Å²) in [5, 5.41) is 2.59. The third kappa shape index (κ3) is 5.83. The van der Waals surface area contributed by atoms with Crippen LogP contribution in [0.1, 0.15) is 0 Å². The molecule has 0 fully saturated rings. The Hall–Kier alpha value is -7.24. The van der Waals surface area contributed by atoms with Crippen molar-refractivity contribution in [2.75, 3.05) is 9.80 Å². The van der Waals surface area contributed by atoms with Crippen LogP contribution in [0.2, 0.25) is 0 Å². The quantitative estimate of drug-likeness (QED) is 0.161. The topological polar surface area (TPSA) is 42.0 Å². The highest BCUT2D eigenvalue weighted by Crippen LogP contribution is 2.55. The summed E-state index contributed by atoms with van der Waals surface area (Å²) in [5.41, 5.74) is 10.4. The average molecular weight is 823 g/mol. The van der Waals surface area contributed by atoms with E-state index in [1.807, 2.05) is 103 Å². The summed E-state index contributed by atoms with van der Waals surface area (Å²) in [4.78, 5) is 6.52. The van der Waals surface area contributed by atoms with E-state index < -0.39 is 7.14 Å². The van der Waals surface area contributed by atoms with Crippen LogP contribution < -0.4 is 35.2 Å². The van der Waals surface area contributed by atoms with E-state index in [4.69, 9.17) is 9.47 Å². The van der Waals surface area contributed by atoms with Gasteiger partial charge in [0, 0.05) is 37.1 Å². The molecule has 0 amide bonds. The smallest absolute Gasteiger partial charge is 0.173 e. The second-order valence-electron chi connectivity index (χ2n) is 15.3. The summed E-state index contributed by atoms with van der Waals surface area (Å²) in [6.45, 7) is 0. The van der Waals surface area contributed by atoms with Gasteiger partial charge >= 0.3 is 0 Å². The van der Waals surface area contributed by atoms with E-state index in [0.717, 1.165) is 105 Å². The van der Waals surface area contributed by atoms with Gasteiger partial charge in [0.1, 0.15) is 0 Å². The second-order valence-corrected chi connectivity index (χ2v) is 19.0. The third-order valence-corrected chi connectivity index (χ3v) is 16.3. The standard InChI is InChI=1S/C54H35N2O3PS/c57-60(42-12-2-1-3-13-42)51-32-26-38(36-22-28-40(29-23-36)55-43-14-4-8-18-47(43)58-48-19-9-5-15-44(48)55)34-53(51)61-54-35-39(27-33-52(54)60)37-24-30-41(31-25-37)56-45-16-6-10-20-49(45)59-50-21-11-7-17-46(50)56/h1-35H. The second kappa shape index (κ2) is 14.2. The van der Waals surface area contributed by atoms with Crippen molar-refractivity contribution in [3.63, 3.8) is 0 Å². The molecule has 0 spiro atoms. The fourth-order valence-electron chi connectivity index (χ4n) is 8.81. The Morgan fingerprint density at radius 3 is 1.10 bits per heavy atom. The maximum atomic E-state index is 15.8. The third-order valence-electron chi connectivity index (χ3n) is 11.7. The van der Waals surface area contributed by atoms with Crippen LogP contribution in [0, 0.1) is 0 Å². The zero-order valence-electron chi connectivity index (χ0n) is 32.7. The predicted molar refractivity (Wildman–Crippen MR) is 250 cm³/mol. The summed E-state index contributed by atoms with van der Waals surface area (Å²) in [6.07, 6.45) is 0. The number of anilines is 6. The highest BCUT2D eigenvalue weighted by Gasteiger charge is 2.38. The molecule has 0 aromatic heterocycles. The van der Waals surface area contributed by atoms with E-state index >= 15 is 4.57 Å². The van der Waals surface area contributed by atoms with Gasteiger partial charge in [-0.3, -0.25) is 0 Å². The predicted octanol–water partition coefficient (Wildman–Crippen LogP) is 14.3. The minimum absolute atomic E-state index is 0.825. The molecule has 0 saturated carbocycles. The van der Waals surface area contributed by atoms with Gasteiger partial charge in [0.05, 0.1) is 22.7 Å². The van der Waals surface area contributed by atoms with Crippen molar-refractivity contribution in [3.05, 3.63) is 212 Å². The van der Waals surface area contributed by atoms with Crippen molar-refractivity contribution in [2.24, 2.45) is 0 Å². The molecule has 7 heteroatoms. The van der Waals surface area contributed by atoms with Gasteiger partial charge in [0.2, 0.25) is 0 Å². The molecule has 5 nitrogen and oxygen atoms in total. The summed E-state index contributed by atoms with van der Waals surface area (Å²) in [6, 6.07) is 72.7. The van der Waals surface area contributed by atoms with Gasteiger partial charge in [-0.1, -0.05) is 127 Å². The molecule has 3 aliphatic rings. The van der Waals surface area contributed by atoms with Gasteiger partial charge in [-0.15, -0.1) is 0 Å². The SMILES string of the molecule is O=P1(c2ccccc2)c2ccc(-c3ccc(N4c5ccccc5Oc5ccccc54)cc3)cc2Sc2cc(-c3ccc(N4c5ccccc5Oc5ccccc54)cc3)ccc21. The van der Waals surface area contributed by atoms with E-state index in [2.05, 4.69) is 119 Å². The molecule has 3 heterocycles. The first-order chi connectivity index (χ1) is 30.1. The molecule has 12 rings (SSSR count). The van der Waals surface area contributed by atoms with Crippen LogP contribution in [0.4, 0.5) is 34.1 Å². The summed E-state index contributed by atoms with van der Waals surface area (Å²) >= 11 is 1.70. The van der Waals surface area contributed by atoms with E-state index in [1.165, 1.54) is 0 Å². The molecule has 0 atom stereocenters. The number of nitrogens with zero attached hydrogens (tertiary/aromatic N) is 2. The van der Waals surface area contributed by atoms with Gasteiger partial charge in [-0.05, 0) is 119 Å². The van der Waals surface area contributed by atoms with Crippen molar-refractivity contribution in [2.45, 2.75) is 9.79 Å². The molecule has 3 aliphatic heterocycles. The van der Waals surface area contributed by atoms with Crippen LogP contribution in [0.5, 0.6) is 23.0 Å². The minimum atomic E-state index is -3.20. The van der Waals surface area contributed by atoms with Crippen molar-refractivity contribution < 1.29 is 14.0 Å². The number of rotatable bonds is 5. The monoisotopic (exact) mass is 822 g/mol. The molecule has 0 radical (unpaired) electrons. The van der Waals surface area contributed by atoms with E-state index in [-0.39, 0.29) is 0 Å². The highest BCUT2D eigenvalue weighted by molar-refractivity contribution is 8.02. The Morgan fingerprint density at radius 2 is 0.705 bits per heavy atom. The average Bonchev–Trinajstić information content (AvgIpc) is 3.32. The molecule has 0 aliphatic carbocycles. The van der Waals surface area contributed by atoms with Crippen LogP contribution in [0.3, 0.4) is 0 Å². The molecule has 9 aromatic carbocycles. The molecule has 9 aromatic rings. The largest absolute Gasteiger partial charge is 0.453 e. The molecular formula is C54H35N2O3PS. The van der Waals surface area contributed by atoms with Gasteiger partial charge in [0.25, 0.3) is 0 Å². The first-order valence-corrected chi connectivity index (χ1v) is 22.8. The number of hydrogen-bond donors (Lipinski definition) is 0. The summed E-state index contributed by atoms with van der Waals surface area (Å²) in [5.74, 6) is 3.30. The van der Waals surface area contributed by atoms with Crippen LogP contribution in [-0.2, 0) is 4.57 Å². The van der Waals surface area contributed by atoms with Gasteiger partial charge < -0.3 is 23.8 Å². The lowest BCUT2D eigenvalue weighted by molar-refractivity contribution is 0.477. The summed E-state index contributed by atoms with van der Waals surface area (Å²) < 4.78 is 28.3. The minimum Gasteiger partial charge on any atom is -0.453 e. The van der Waals surface area contributed by atoms with Crippen LogP contribution in [0.15, 0.2) is 222 Å². The van der Waals surface area contributed by atoms with Crippen LogP contribution in [-0.4, -0.2) is 0 Å². The summed E-state index contributed by atoms with van der Waals surface area (Å²) in [7, 11) is -3.20. The van der Waals surface area contributed by atoms with Crippen LogP contribution >= 0.6 is 18.9 Å².